The molecule has 44 heavy (non-hydrogen) atoms. The zero-order valence-electron chi connectivity index (χ0n) is 23.8. The molecule has 1 aliphatic rings. The van der Waals surface area contributed by atoms with E-state index in [1.165, 1.54) is 12.1 Å². The number of pyridine rings is 1. The van der Waals surface area contributed by atoms with Crippen LogP contribution in [0.2, 0.25) is 0 Å². The van der Waals surface area contributed by atoms with Crippen molar-refractivity contribution in [2.45, 2.75) is 6.54 Å². The van der Waals surface area contributed by atoms with Gasteiger partial charge in [0, 0.05) is 55.3 Å². The van der Waals surface area contributed by atoms with Crippen LogP contribution in [0.3, 0.4) is 0 Å². The molecule has 1 N–H and O–H groups in total. The molecule has 6 aromatic rings. The van der Waals surface area contributed by atoms with Crippen molar-refractivity contribution in [1.82, 2.24) is 34.0 Å². The molecule has 0 aliphatic carbocycles. The van der Waals surface area contributed by atoms with E-state index >= 15 is 0 Å². The number of amides is 1. The molecule has 0 saturated carbocycles. The van der Waals surface area contributed by atoms with Gasteiger partial charge in [0.25, 0.3) is 5.91 Å². The van der Waals surface area contributed by atoms with E-state index in [4.69, 9.17) is 14.8 Å². The summed E-state index contributed by atoms with van der Waals surface area (Å²) in [7, 11) is 0. The minimum atomic E-state index is -0.307. The molecule has 1 amide bonds. The Morgan fingerprint density at radius 1 is 0.932 bits per heavy atom. The second kappa shape index (κ2) is 12.2. The van der Waals surface area contributed by atoms with Crippen molar-refractivity contribution in [3.05, 3.63) is 109 Å². The highest BCUT2D eigenvalue weighted by atomic mass is 19.1. The van der Waals surface area contributed by atoms with Crippen molar-refractivity contribution in [2.75, 3.05) is 38.2 Å². The number of hydrogen-bond acceptors (Lipinski definition) is 7. The number of carbonyl (C=O) groups is 1. The van der Waals surface area contributed by atoms with Crippen LogP contribution in [-0.4, -0.2) is 72.8 Å². The highest BCUT2D eigenvalue weighted by Crippen LogP contribution is 2.31. The van der Waals surface area contributed by atoms with Gasteiger partial charge in [-0.25, -0.2) is 18.9 Å². The Balaban J connectivity index is 1.17. The number of imidazole rings is 2. The monoisotopic (exact) mass is 588 g/mol. The average molecular weight is 589 g/mol. The molecule has 220 valence electrons. The molecule has 0 unspecified atom stereocenters. The minimum Gasteiger partial charge on any atom is -0.379 e. The van der Waals surface area contributed by atoms with Gasteiger partial charge in [0.1, 0.15) is 11.5 Å². The van der Waals surface area contributed by atoms with Gasteiger partial charge in [0.05, 0.1) is 37.1 Å². The van der Waals surface area contributed by atoms with Crippen molar-refractivity contribution >= 4 is 17.4 Å². The van der Waals surface area contributed by atoms with E-state index in [1.807, 2.05) is 42.5 Å². The number of hydrogen-bond donors (Lipinski definition) is 1. The van der Waals surface area contributed by atoms with Crippen LogP contribution in [0.1, 0.15) is 10.4 Å². The van der Waals surface area contributed by atoms with Crippen molar-refractivity contribution in [1.29, 1.82) is 0 Å². The van der Waals surface area contributed by atoms with Crippen LogP contribution in [0.4, 0.5) is 10.2 Å². The van der Waals surface area contributed by atoms with Crippen molar-refractivity contribution < 1.29 is 13.9 Å². The number of rotatable bonds is 8. The molecule has 0 spiro atoms. The molecule has 0 atom stereocenters. The van der Waals surface area contributed by atoms with Gasteiger partial charge >= 0.3 is 0 Å². The standard InChI is InChI=1S/C33H29FN8O2/c34-27-8-6-23(7-9-27)31-32(41(22-36-31)14-13-40-15-17-44-18-16-40)28-10-11-30-37-29(21-42(30)39-28)38-33(43)25-4-1-3-24(19-25)26-5-2-12-35-20-26/h1-12,19-22H,13-18H2,(H,38,43). The fourth-order valence-electron chi connectivity index (χ4n) is 5.34. The minimum absolute atomic E-state index is 0.279. The Morgan fingerprint density at radius 2 is 1.77 bits per heavy atom. The fraction of sp³-hybridized carbons (Fsp3) is 0.182. The molecule has 5 heterocycles. The van der Waals surface area contributed by atoms with Gasteiger partial charge in [-0.15, -0.1) is 0 Å². The van der Waals surface area contributed by atoms with E-state index in [0.29, 0.717) is 35.0 Å². The lowest BCUT2D eigenvalue weighted by molar-refractivity contribution is 0.0364. The largest absolute Gasteiger partial charge is 0.379 e. The molecule has 0 bridgehead atoms. The predicted octanol–water partition coefficient (Wildman–Crippen LogP) is 5.05. The maximum atomic E-state index is 13.7. The van der Waals surface area contributed by atoms with E-state index in [0.717, 1.165) is 55.2 Å². The number of morpholine rings is 1. The summed E-state index contributed by atoms with van der Waals surface area (Å²) in [6.45, 7) is 4.76. The van der Waals surface area contributed by atoms with Crippen molar-refractivity contribution in [2.24, 2.45) is 0 Å². The quantitative estimate of drug-likeness (QED) is 0.266. The maximum absolute atomic E-state index is 13.7. The summed E-state index contributed by atoms with van der Waals surface area (Å²) in [4.78, 5) is 29.0. The number of anilines is 1. The number of carbonyl (C=O) groups excluding carboxylic acids is 1. The Bertz CT molecular complexity index is 1910. The highest BCUT2D eigenvalue weighted by Gasteiger charge is 2.19. The van der Waals surface area contributed by atoms with E-state index in [2.05, 4.69) is 24.8 Å². The first kappa shape index (κ1) is 27.6. The number of halogens is 1. The first-order chi connectivity index (χ1) is 21.6. The fourth-order valence-corrected chi connectivity index (χ4v) is 5.34. The van der Waals surface area contributed by atoms with Gasteiger partial charge in [-0.05, 0) is 60.2 Å². The molecule has 10 nitrogen and oxygen atoms in total. The predicted molar refractivity (Wildman–Crippen MR) is 164 cm³/mol. The number of aromatic nitrogens is 6. The molecule has 1 fully saturated rings. The molecule has 11 heteroatoms. The highest BCUT2D eigenvalue weighted by molar-refractivity contribution is 6.04. The number of benzene rings is 2. The van der Waals surface area contributed by atoms with Crippen molar-refractivity contribution in [3.8, 4) is 33.8 Å². The summed E-state index contributed by atoms with van der Waals surface area (Å²) in [6.07, 6.45) is 6.97. The van der Waals surface area contributed by atoms with Gasteiger partial charge in [0.15, 0.2) is 11.5 Å². The van der Waals surface area contributed by atoms with E-state index < -0.39 is 0 Å². The third kappa shape index (κ3) is 5.83. The Morgan fingerprint density at radius 3 is 2.59 bits per heavy atom. The summed E-state index contributed by atoms with van der Waals surface area (Å²) in [5.74, 6) is -0.205. The van der Waals surface area contributed by atoms with Crippen LogP contribution in [0.15, 0.2) is 97.7 Å². The zero-order chi connectivity index (χ0) is 29.9. The Kier molecular flexibility index (Phi) is 7.61. The number of nitrogens with zero attached hydrogens (tertiary/aromatic N) is 7. The molecular formula is C33H29FN8O2. The number of fused-ring (bicyclic) bond motifs is 1. The third-order valence-electron chi connectivity index (χ3n) is 7.64. The summed E-state index contributed by atoms with van der Waals surface area (Å²) in [6, 6.07) is 21.2. The van der Waals surface area contributed by atoms with Gasteiger partial charge in [-0.2, -0.15) is 5.10 Å². The summed E-state index contributed by atoms with van der Waals surface area (Å²) < 4.78 is 23.0. The van der Waals surface area contributed by atoms with Crippen LogP contribution in [-0.2, 0) is 11.3 Å². The van der Waals surface area contributed by atoms with Crippen LogP contribution < -0.4 is 5.32 Å². The lowest BCUT2D eigenvalue weighted by Gasteiger charge is -2.26. The Labute approximate surface area is 252 Å². The van der Waals surface area contributed by atoms with E-state index in [9.17, 15) is 9.18 Å². The zero-order valence-corrected chi connectivity index (χ0v) is 23.8. The maximum Gasteiger partial charge on any atom is 0.256 e. The Hall–Kier alpha value is -5.26. The topological polar surface area (TPSA) is 102 Å². The number of ether oxygens (including phenoxy) is 1. The second-order valence-electron chi connectivity index (χ2n) is 10.5. The molecular weight excluding hydrogens is 559 g/mol. The van der Waals surface area contributed by atoms with Crippen LogP contribution in [0.25, 0.3) is 39.4 Å². The van der Waals surface area contributed by atoms with Crippen LogP contribution in [0, 0.1) is 5.82 Å². The SMILES string of the molecule is O=C(Nc1cn2nc(-c3c(-c4ccc(F)cc4)ncn3CCN3CCOCC3)ccc2n1)c1cccc(-c2cccnc2)c1. The van der Waals surface area contributed by atoms with E-state index in [1.54, 1.807) is 47.6 Å². The first-order valence-electron chi connectivity index (χ1n) is 14.4. The van der Waals surface area contributed by atoms with Crippen LogP contribution >= 0.6 is 0 Å². The molecule has 2 aromatic carbocycles. The van der Waals surface area contributed by atoms with Gasteiger partial charge in [0.2, 0.25) is 0 Å². The van der Waals surface area contributed by atoms with Crippen LogP contribution in [0.5, 0.6) is 0 Å². The molecule has 1 aliphatic heterocycles. The lowest BCUT2D eigenvalue weighted by atomic mass is 10.0. The third-order valence-corrected chi connectivity index (χ3v) is 7.64. The first-order valence-corrected chi connectivity index (χ1v) is 14.4. The second-order valence-corrected chi connectivity index (χ2v) is 10.5. The van der Waals surface area contributed by atoms with Gasteiger partial charge in [-0.1, -0.05) is 18.2 Å². The lowest BCUT2D eigenvalue weighted by Crippen LogP contribution is -2.38. The molecule has 0 radical (unpaired) electrons. The smallest absolute Gasteiger partial charge is 0.256 e. The molecule has 7 rings (SSSR count). The van der Waals surface area contributed by atoms with Gasteiger partial charge < -0.3 is 14.6 Å². The molecule has 1 saturated heterocycles. The summed E-state index contributed by atoms with van der Waals surface area (Å²) in [5.41, 5.74) is 5.90. The summed E-state index contributed by atoms with van der Waals surface area (Å²) >= 11 is 0. The van der Waals surface area contributed by atoms with E-state index in [-0.39, 0.29) is 11.7 Å². The summed E-state index contributed by atoms with van der Waals surface area (Å²) in [5, 5.41) is 7.75. The van der Waals surface area contributed by atoms with Crippen molar-refractivity contribution in [3.63, 3.8) is 0 Å². The van der Waals surface area contributed by atoms with Gasteiger partial charge in [-0.3, -0.25) is 14.7 Å². The average Bonchev–Trinajstić information content (AvgIpc) is 3.68. The number of nitrogens with one attached hydrogen (secondary N) is 1. The molecule has 4 aromatic heterocycles. The normalized spacial score (nSPS) is 13.8.